The van der Waals surface area contributed by atoms with Gasteiger partial charge in [0, 0.05) is 37.0 Å². The van der Waals surface area contributed by atoms with E-state index in [0.29, 0.717) is 42.8 Å². The lowest BCUT2D eigenvalue weighted by atomic mass is 10.1. The van der Waals surface area contributed by atoms with Gasteiger partial charge in [0.05, 0.1) is 21.2 Å². The Morgan fingerprint density at radius 2 is 1.71 bits per heavy atom. The molecular formula is C27H30N4O6S4. The number of carbonyl (C=O) groups excluding carboxylic acids is 1. The molecule has 2 heterocycles. The molecule has 1 aliphatic heterocycles. The number of hydrogen-bond donors (Lipinski definition) is 1. The van der Waals surface area contributed by atoms with Crippen molar-refractivity contribution in [3.63, 3.8) is 0 Å². The Balaban J connectivity index is 1.78. The van der Waals surface area contributed by atoms with Crippen LogP contribution in [0.15, 0.2) is 70.6 Å². The molecule has 0 radical (unpaired) electrons. The van der Waals surface area contributed by atoms with Crippen LogP contribution in [0, 0.1) is 0 Å². The monoisotopic (exact) mass is 634 g/mol. The van der Waals surface area contributed by atoms with Gasteiger partial charge in [-0.15, -0.1) is 0 Å². The van der Waals surface area contributed by atoms with Crippen molar-refractivity contribution >= 4 is 60.4 Å². The maximum atomic E-state index is 13.5. The van der Waals surface area contributed by atoms with Crippen LogP contribution in [0.25, 0.3) is 23.0 Å². The molecule has 1 N–H and O–H groups in total. The molecule has 0 saturated carbocycles. The van der Waals surface area contributed by atoms with Crippen LogP contribution in [-0.2, 0) is 24.9 Å². The zero-order chi connectivity index (χ0) is 29.8. The number of para-hydroxylation sites is 1. The fourth-order valence-electron chi connectivity index (χ4n) is 4.27. The van der Waals surface area contributed by atoms with Gasteiger partial charge in [0.25, 0.3) is 16.0 Å². The first kappa shape index (κ1) is 31.1. The van der Waals surface area contributed by atoms with E-state index in [1.165, 1.54) is 4.31 Å². The number of rotatable bonds is 12. The Morgan fingerprint density at radius 1 is 1.02 bits per heavy atom. The van der Waals surface area contributed by atoms with E-state index in [0.717, 1.165) is 22.3 Å². The van der Waals surface area contributed by atoms with Gasteiger partial charge in [0.15, 0.2) is 0 Å². The number of carbonyl (C=O) groups is 1. The molecule has 1 amide bonds. The number of benzene rings is 2. The summed E-state index contributed by atoms with van der Waals surface area (Å²) in [6.07, 6.45) is 4.72. The van der Waals surface area contributed by atoms with Crippen molar-refractivity contribution in [1.29, 1.82) is 0 Å². The molecule has 1 aromatic heterocycles. The maximum absolute atomic E-state index is 13.5. The first-order valence-corrected chi connectivity index (χ1v) is 17.2. The summed E-state index contributed by atoms with van der Waals surface area (Å²) in [6.45, 7) is 4.41. The molecule has 0 aliphatic carbocycles. The largest absolute Gasteiger partial charge is 0.292 e. The quantitative estimate of drug-likeness (QED) is 0.175. The third-order valence-electron chi connectivity index (χ3n) is 6.19. The fourth-order valence-corrected chi connectivity index (χ4v) is 7.66. The Kier molecular flexibility index (Phi) is 9.82. The number of thiocarbonyl (C=S) groups is 1. The third-order valence-corrected chi connectivity index (χ3v) is 10.2. The molecule has 0 spiro atoms. The number of hydrogen-bond acceptors (Lipinski definition) is 8. The minimum atomic E-state index is -4.28. The summed E-state index contributed by atoms with van der Waals surface area (Å²) in [5.74, 6) is -1.13. The Labute approximate surface area is 249 Å². The molecule has 1 saturated heterocycles. The topological polar surface area (TPSA) is 130 Å². The highest BCUT2D eigenvalue weighted by molar-refractivity contribution is 8.26. The van der Waals surface area contributed by atoms with Crippen LogP contribution in [0.4, 0.5) is 0 Å². The minimum absolute atomic E-state index is 0.147. The second kappa shape index (κ2) is 13.0. The van der Waals surface area contributed by atoms with E-state index in [4.69, 9.17) is 21.9 Å². The van der Waals surface area contributed by atoms with Gasteiger partial charge in [0.2, 0.25) is 10.0 Å². The summed E-state index contributed by atoms with van der Waals surface area (Å²) in [5, 5.41) is 4.75. The number of nitrogens with zero attached hydrogens (tertiary/aromatic N) is 4. The standard InChI is InChI=1S/C27H30N4O6S4/c1-3-13-29(14-4-2)41(36,37)23-12-8-9-20(17-23)25-21(19-31(28-25)22-10-6-5-7-11-22)18-24-26(32)30(27(38)39-24)15-16-40(33,34)35/h5-12,17-19H,3-4,13-16H2,1-2H3,(H,33,34,35). The molecule has 1 fully saturated rings. The first-order chi connectivity index (χ1) is 19.4. The molecule has 41 heavy (non-hydrogen) atoms. The molecule has 14 heteroatoms. The van der Waals surface area contributed by atoms with Crippen LogP contribution < -0.4 is 0 Å². The van der Waals surface area contributed by atoms with E-state index in [1.807, 2.05) is 44.2 Å². The highest BCUT2D eigenvalue weighted by Gasteiger charge is 2.33. The van der Waals surface area contributed by atoms with E-state index in [9.17, 15) is 21.6 Å². The van der Waals surface area contributed by atoms with Crippen LogP contribution in [0.1, 0.15) is 32.3 Å². The van der Waals surface area contributed by atoms with E-state index in [1.54, 1.807) is 41.2 Å². The highest BCUT2D eigenvalue weighted by Crippen LogP contribution is 2.35. The molecule has 2 aromatic carbocycles. The average Bonchev–Trinajstić information content (AvgIpc) is 3.47. The lowest BCUT2D eigenvalue weighted by molar-refractivity contribution is -0.121. The number of amides is 1. The van der Waals surface area contributed by atoms with Crippen LogP contribution in [-0.4, -0.2) is 76.0 Å². The zero-order valence-corrected chi connectivity index (χ0v) is 25.8. The molecule has 4 rings (SSSR count). The van der Waals surface area contributed by atoms with E-state index in [-0.39, 0.29) is 20.7 Å². The smallest absolute Gasteiger partial charge is 0.266 e. The zero-order valence-electron chi connectivity index (χ0n) is 22.5. The Hall–Kier alpha value is -2.88. The number of aromatic nitrogens is 2. The predicted molar refractivity (Wildman–Crippen MR) is 165 cm³/mol. The summed E-state index contributed by atoms with van der Waals surface area (Å²) < 4.78 is 61.8. The van der Waals surface area contributed by atoms with Gasteiger partial charge < -0.3 is 0 Å². The molecule has 1 aliphatic rings. The van der Waals surface area contributed by atoms with Crippen molar-refractivity contribution in [3.05, 3.63) is 71.3 Å². The molecule has 0 atom stereocenters. The second-order valence-corrected chi connectivity index (χ2v) is 14.5. The summed E-state index contributed by atoms with van der Waals surface area (Å²) in [4.78, 5) is 14.6. The van der Waals surface area contributed by atoms with Crippen molar-refractivity contribution in [1.82, 2.24) is 19.0 Å². The minimum Gasteiger partial charge on any atom is -0.292 e. The van der Waals surface area contributed by atoms with Gasteiger partial charge >= 0.3 is 0 Å². The van der Waals surface area contributed by atoms with Crippen molar-refractivity contribution in [3.8, 4) is 16.9 Å². The summed E-state index contributed by atoms with van der Waals surface area (Å²) >= 11 is 6.30. The third kappa shape index (κ3) is 7.31. The normalized spacial score (nSPS) is 15.4. The van der Waals surface area contributed by atoms with Crippen LogP contribution >= 0.6 is 24.0 Å². The maximum Gasteiger partial charge on any atom is 0.266 e. The average molecular weight is 635 g/mol. The van der Waals surface area contributed by atoms with Gasteiger partial charge in [-0.1, -0.05) is 68.2 Å². The summed E-state index contributed by atoms with van der Waals surface area (Å²) in [7, 11) is -8.03. The van der Waals surface area contributed by atoms with Crippen molar-refractivity contribution in [2.24, 2.45) is 0 Å². The summed E-state index contributed by atoms with van der Waals surface area (Å²) in [6, 6.07) is 15.9. The van der Waals surface area contributed by atoms with E-state index < -0.39 is 31.8 Å². The van der Waals surface area contributed by atoms with Gasteiger partial charge in [0.1, 0.15) is 10.0 Å². The highest BCUT2D eigenvalue weighted by atomic mass is 32.2. The molecular weight excluding hydrogens is 605 g/mol. The van der Waals surface area contributed by atoms with Gasteiger partial charge in [-0.05, 0) is 43.2 Å². The Bertz CT molecular complexity index is 1680. The lowest BCUT2D eigenvalue weighted by Gasteiger charge is -2.21. The molecule has 218 valence electrons. The number of sulfonamides is 1. The van der Waals surface area contributed by atoms with Crippen LogP contribution in [0.2, 0.25) is 0 Å². The van der Waals surface area contributed by atoms with Gasteiger partial charge in [-0.3, -0.25) is 14.2 Å². The molecule has 0 bridgehead atoms. The molecule has 0 unspecified atom stereocenters. The van der Waals surface area contributed by atoms with E-state index >= 15 is 0 Å². The van der Waals surface area contributed by atoms with Crippen molar-refractivity contribution in [2.75, 3.05) is 25.4 Å². The van der Waals surface area contributed by atoms with Crippen molar-refractivity contribution < 1.29 is 26.2 Å². The first-order valence-electron chi connectivity index (χ1n) is 12.9. The lowest BCUT2D eigenvalue weighted by Crippen LogP contribution is -2.32. The predicted octanol–water partition coefficient (Wildman–Crippen LogP) is 4.44. The SMILES string of the molecule is CCCN(CCC)S(=O)(=O)c1cccc(-c2nn(-c3ccccc3)cc2C=C2SC(=S)N(CCS(=O)(=O)O)C2=O)c1. The molecule has 3 aromatic rings. The van der Waals surface area contributed by atoms with Crippen LogP contribution in [0.5, 0.6) is 0 Å². The second-order valence-electron chi connectivity index (χ2n) is 9.26. The number of thioether (sulfide) groups is 1. The Morgan fingerprint density at radius 3 is 2.34 bits per heavy atom. The van der Waals surface area contributed by atoms with Gasteiger partial charge in [-0.2, -0.15) is 17.8 Å². The van der Waals surface area contributed by atoms with Crippen molar-refractivity contribution in [2.45, 2.75) is 31.6 Å². The summed E-state index contributed by atoms with van der Waals surface area (Å²) in [5.41, 5.74) is 2.29. The van der Waals surface area contributed by atoms with Gasteiger partial charge in [-0.25, -0.2) is 13.1 Å². The fraction of sp³-hybridized carbons (Fsp3) is 0.296. The van der Waals surface area contributed by atoms with Crippen LogP contribution in [0.3, 0.4) is 0 Å². The molecule has 10 nitrogen and oxygen atoms in total. The van der Waals surface area contributed by atoms with E-state index in [2.05, 4.69) is 0 Å².